The van der Waals surface area contributed by atoms with E-state index in [0.717, 1.165) is 9.80 Å². The summed E-state index contributed by atoms with van der Waals surface area (Å²) in [6.07, 6.45) is 0. The normalized spacial score (nSPS) is 21.3. The van der Waals surface area contributed by atoms with Gasteiger partial charge in [0.2, 0.25) is 0 Å². The molecule has 2 saturated heterocycles. The SMILES string of the molecule is O=C1COCC(=O)N1COCN1C(=O)COCC1=O. The van der Waals surface area contributed by atoms with Crippen LogP contribution in [-0.2, 0) is 33.4 Å². The number of morpholine rings is 2. The summed E-state index contributed by atoms with van der Waals surface area (Å²) >= 11 is 0. The molecule has 2 rings (SSSR count). The molecule has 2 fully saturated rings. The number of hydrogen-bond donors (Lipinski definition) is 0. The van der Waals surface area contributed by atoms with Crippen LogP contribution < -0.4 is 0 Å². The van der Waals surface area contributed by atoms with Crippen LogP contribution >= 0.6 is 0 Å². The molecule has 2 aliphatic heterocycles. The Morgan fingerprint density at radius 3 is 1.37 bits per heavy atom. The summed E-state index contributed by atoms with van der Waals surface area (Å²) in [5, 5.41) is 0. The molecule has 2 heterocycles. The van der Waals surface area contributed by atoms with Crippen LogP contribution in [0.25, 0.3) is 0 Å². The molecule has 0 N–H and O–H groups in total. The van der Waals surface area contributed by atoms with Gasteiger partial charge >= 0.3 is 0 Å². The first-order chi connectivity index (χ1) is 9.09. The Labute approximate surface area is 108 Å². The van der Waals surface area contributed by atoms with E-state index in [1.165, 1.54) is 0 Å². The molecular weight excluding hydrogens is 260 g/mol. The van der Waals surface area contributed by atoms with E-state index in [1.807, 2.05) is 0 Å². The van der Waals surface area contributed by atoms with Crippen molar-refractivity contribution in [2.24, 2.45) is 0 Å². The van der Waals surface area contributed by atoms with Gasteiger partial charge in [0, 0.05) is 0 Å². The third-order valence-corrected chi connectivity index (χ3v) is 2.55. The highest BCUT2D eigenvalue weighted by Gasteiger charge is 2.29. The van der Waals surface area contributed by atoms with Gasteiger partial charge in [0.15, 0.2) is 0 Å². The van der Waals surface area contributed by atoms with Crippen molar-refractivity contribution in [3.05, 3.63) is 0 Å². The number of rotatable bonds is 4. The fourth-order valence-electron chi connectivity index (χ4n) is 1.55. The quantitative estimate of drug-likeness (QED) is 0.530. The summed E-state index contributed by atoms with van der Waals surface area (Å²) in [5.74, 6) is -2.07. The third kappa shape index (κ3) is 3.13. The molecule has 0 saturated carbocycles. The number of imide groups is 2. The molecule has 0 aliphatic carbocycles. The number of nitrogens with zero attached hydrogens (tertiary/aromatic N) is 2. The molecule has 104 valence electrons. The van der Waals surface area contributed by atoms with Crippen molar-refractivity contribution in [3.8, 4) is 0 Å². The van der Waals surface area contributed by atoms with Gasteiger partial charge < -0.3 is 14.2 Å². The summed E-state index contributed by atoms with van der Waals surface area (Å²) in [5.41, 5.74) is 0. The van der Waals surface area contributed by atoms with Gasteiger partial charge in [0.05, 0.1) is 0 Å². The standard InChI is InChI=1S/C10H12N2O7/c13-7-1-17-2-8(14)11(7)5-19-6-12-9(15)3-18-4-10(12)16/h1-6H2. The van der Waals surface area contributed by atoms with Crippen molar-refractivity contribution in [3.63, 3.8) is 0 Å². The molecule has 0 unspecified atom stereocenters. The van der Waals surface area contributed by atoms with E-state index in [9.17, 15) is 19.2 Å². The maximum atomic E-state index is 11.3. The number of ether oxygens (including phenoxy) is 3. The first-order valence-electron chi connectivity index (χ1n) is 5.49. The number of amides is 4. The zero-order valence-electron chi connectivity index (χ0n) is 9.99. The van der Waals surface area contributed by atoms with Crippen LogP contribution in [-0.4, -0.2) is 73.3 Å². The zero-order valence-corrected chi connectivity index (χ0v) is 9.99. The van der Waals surface area contributed by atoms with Gasteiger partial charge in [-0.3, -0.25) is 29.0 Å². The summed E-state index contributed by atoms with van der Waals surface area (Å²) in [6.45, 7) is -1.40. The largest absolute Gasteiger partial charge is 0.362 e. The summed E-state index contributed by atoms with van der Waals surface area (Å²) < 4.78 is 14.5. The summed E-state index contributed by atoms with van der Waals surface area (Å²) in [6, 6.07) is 0. The van der Waals surface area contributed by atoms with Gasteiger partial charge in [0.1, 0.15) is 39.9 Å². The van der Waals surface area contributed by atoms with E-state index in [4.69, 9.17) is 14.2 Å². The van der Waals surface area contributed by atoms with Crippen LogP contribution in [0.15, 0.2) is 0 Å². The van der Waals surface area contributed by atoms with Crippen molar-refractivity contribution >= 4 is 23.6 Å². The molecule has 4 amide bonds. The molecule has 0 aromatic carbocycles. The second-order valence-corrected chi connectivity index (χ2v) is 3.88. The second kappa shape index (κ2) is 5.87. The number of hydrogen-bond acceptors (Lipinski definition) is 7. The highest BCUT2D eigenvalue weighted by Crippen LogP contribution is 2.04. The molecular formula is C10H12N2O7. The molecule has 19 heavy (non-hydrogen) atoms. The van der Waals surface area contributed by atoms with Gasteiger partial charge in [-0.25, -0.2) is 0 Å². The van der Waals surface area contributed by atoms with Crippen molar-refractivity contribution in [2.75, 3.05) is 39.9 Å². The van der Waals surface area contributed by atoms with Gasteiger partial charge in [-0.2, -0.15) is 0 Å². The van der Waals surface area contributed by atoms with Crippen molar-refractivity contribution in [2.45, 2.75) is 0 Å². The Morgan fingerprint density at radius 1 is 0.737 bits per heavy atom. The Morgan fingerprint density at radius 2 is 1.05 bits per heavy atom. The average molecular weight is 272 g/mol. The fourth-order valence-corrected chi connectivity index (χ4v) is 1.55. The molecule has 0 aromatic heterocycles. The van der Waals surface area contributed by atoms with Crippen LogP contribution in [0.4, 0.5) is 0 Å². The number of carbonyl (C=O) groups excluding carboxylic acids is 4. The van der Waals surface area contributed by atoms with Crippen LogP contribution in [0.3, 0.4) is 0 Å². The first kappa shape index (κ1) is 13.6. The van der Waals surface area contributed by atoms with Crippen LogP contribution in [0.2, 0.25) is 0 Å². The summed E-state index contributed by atoms with van der Waals surface area (Å²) in [7, 11) is 0. The van der Waals surface area contributed by atoms with Gasteiger partial charge in [-0.05, 0) is 0 Å². The average Bonchev–Trinajstić information content (AvgIpc) is 2.36. The minimum absolute atomic E-state index is 0.190. The predicted octanol–water partition coefficient (Wildman–Crippen LogP) is -2.31. The maximum absolute atomic E-state index is 11.3. The zero-order chi connectivity index (χ0) is 13.8. The lowest BCUT2D eigenvalue weighted by Crippen LogP contribution is -2.50. The highest BCUT2D eigenvalue weighted by molar-refractivity contribution is 5.98. The molecule has 0 aromatic rings. The van der Waals surface area contributed by atoms with E-state index in [1.54, 1.807) is 0 Å². The first-order valence-corrected chi connectivity index (χ1v) is 5.49. The molecule has 0 spiro atoms. The lowest BCUT2D eigenvalue weighted by atomic mass is 10.4. The second-order valence-electron chi connectivity index (χ2n) is 3.88. The topological polar surface area (TPSA) is 102 Å². The highest BCUT2D eigenvalue weighted by atomic mass is 16.5. The summed E-state index contributed by atoms with van der Waals surface area (Å²) in [4.78, 5) is 47.1. The minimum Gasteiger partial charge on any atom is -0.362 e. The monoisotopic (exact) mass is 272 g/mol. The van der Waals surface area contributed by atoms with Crippen molar-refractivity contribution in [1.29, 1.82) is 0 Å². The third-order valence-electron chi connectivity index (χ3n) is 2.55. The fraction of sp³-hybridized carbons (Fsp3) is 0.600. The Bertz CT molecular complexity index is 352. The molecule has 9 heteroatoms. The van der Waals surface area contributed by atoms with E-state index < -0.39 is 23.6 Å². The molecule has 9 nitrogen and oxygen atoms in total. The smallest absolute Gasteiger partial charge is 0.257 e. The van der Waals surface area contributed by atoms with Gasteiger partial charge in [-0.1, -0.05) is 0 Å². The minimum atomic E-state index is -0.518. The van der Waals surface area contributed by atoms with E-state index >= 15 is 0 Å². The van der Waals surface area contributed by atoms with E-state index in [-0.39, 0.29) is 39.9 Å². The molecule has 0 atom stereocenters. The van der Waals surface area contributed by atoms with Crippen molar-refractivity contribution in [1.82, 2.24) is 9.80 Å². The lowest BCUT2D eigenvalue weighted by molar-refractivity contribution is -0.172. The predicted molar refractivity (Wildman–Crippen MR) is 56.2 cm³/mol. The van der Waals surface area contributed by atoms with Gasteiger partial charge in [-0.15, -0.1) is 0 Å². The number of carbonyl (C=O) groups is 4. The van der Waals surface area contributed by atoms with Gasteiger partial charge in [0.25, 0.3) is 23.6 Å². The molecule has 0 bridgehead atoms. The lowest BCUT2D eigenvalue weighted by Gasteiger charge is -2.27. The van der Waals surface area contributed by atoms with E-state index in [0.29, 0.717) is 0 Å². The Balaban J connectivity index is 1.82. The molecule has 0 radical (unpaired) electrons. The van der Waals surface area contributed by atoms with Crippen LogP contribution in [0, 0.1) is 0 Å². The maximum Gasteiger partial charge on any atom is 0.257 e. The Kier molecular flexibility index (Phi) is 4.20. The molecule has 2 aliphatic rings. The van der Waals surface area contributed by atoms with Crippen molar-refractivity contribution < 1.29 is 33.4 Å². The van der Waals surface area contributed by atoms with E-state index in [2.05, 4.69) is 0 Å². The Hall–Kier alpha value is -1.84. The van der Waals surface area contributed by atoms with Crippen LogP contribution in [0.5, 0.6) is 0 Å². The van der Waals surface area contributed by atoms with Crippen LogP contribution in [0.1, 0.15) is 0 Å².